The van der Waals surface area contributed by atoms with Crippen molar-refractivity contribution >= 4 is 11.8 Å². The largest absolute Gasteiger partial charge is 0.298 e. The van der Waals surface area contributed by atoms with Gasteiger partial charge in [-0.15, -0.1) is 5.06 Å². The molecule has 3 rings (SSSR count). The molecule has 1 aromatic carbocycles. The number of likely N-dealkylation sites (tertiary alicyclic amines) is 1. The van der Waals surface area contributed by atoms with E-state index in [0.29, 0.717) is 17.2 Å². The zero-order valence-corrected chi connectivity index (χ0v) is 11.7. The molecule has 1 aromatic rings. The molecule has 1 fully saturated rings. The summed E-state index contributed by atoms with van der Waals surface area (Å²) in [5.74, 6) is -0.706. The van der Waals surface area contributed by atoms with Gasteiger partial charge in [-0.3, -0.25) is 19.3 Å². The first-order valence-electron chi connectivity index (χ1n) is 6.96. The van der Waals surface area contributed by atoms with Gasteiger partial charge in [-0.25, -0.2) is 0 Å². The van der Waals surface area contributed by atoms with Gasteiger partial charge in [0.25, 0.3) is 11.8 Å². The lowest BCUT2D eigenvalue weighted by atomic mass is 10.1. The van der Waals surface area contributed by atoms with E-state index in [0.717, 1.165) is 24.6 Å². The fraction of sp³-hybridized carbons (Fsp3) is 0.467. The molecule has 1 unspecified atom stereocenters. The molecule has 5 heteroatoms. The quantitative estimate of drug-likeness (QED) is 0.787. The van der Waals surface area contributed by atoms with Gasteiger partial charge in [0.2, 0.25) is 0 Å². The van der Waals surface area contributed by atoms with E-state index < -0.39 is 0 Å². The van der Waals surface area contributed by atoms with Gasteiger partial charge in [0.1, 0.15) is 6.10 Å². The SMILES string of the molecule is CC(C)N1CCC(ON2C(=O)c3ccccc3C2=O)C1. The number of fused-ring (bicyclic) bond motifs is 1. The van der Waals surface area contributed by atoms with Crippen molar-refractivity contribution in [3.8, 4) is 0 Å². The summed E-state index contributed by atoms with van der Waals surface area (Å²) in [5.41, 5.74) is 0.854. The van der Waals surface area contributed by atoms with Gasteiger partial charge in [-0.05, 0) is 32.4 Å². The highest BCUT2D eigenvalue weighted by atomic mass is 16.7. The molecule has 0 aliphatic carbocycles. The minimum absolute atomic E-state index is 0.0976. The third-order valence-corrected chi connectivity index (χ3v) is 3.92. The summed E-state index contributed by atoms with van der Waals surface area (Å²) in [7, 11) is 0. The van der Waals surface area contributed by atoms with E-state index in [1.807, 2.05) is 0 Å². The summed E-state index contributed by atoms with van der Waals surface area (Å²) in [6, 6.07) is 7.28. The molecule has 0 bridgehead atoms. The van der Waals surface area contributed by atoms with Gasteiger partial charge in [0.15, 0.2) is 0 Å². The molecule has 106 valence electrons. The number of carbonyl (C=O) groups is 2. The van der Waals surface area contributed by atoms with Crippen LogP contribution in [0.4, 0.5) is 0 Å². The molecular weight excluding hydrogens is 256 g/mol. The highest BCUT2D eigenvalue weighted by molar-refractivity contribution is 6.20. The maximum Gasteiger partial charge on any atom is 0.285 e. The molecule has 0 aromatic heterocycles. The first-order chi connectivity index (χ1) is 9.58. The topological polar surface area (TPSA) is 49.9 Å². The number of carbonyl (C=O) groups excluding carboxylic acids is 2. The summed E-state index contributed by atoms with van der Waals surface area (Å²) < 4.78 is 0. The second-order valence-corrected chi connectivity index (χ2v) is 5.56. The van der Waals surface area contributed by atoms with Crippen LogP contribution in [0.15, 0.2) is 24.3 Å². The first-order valence-corrected chi connectivity index (χ1v) is 6.96. The summed E-state index contributed by atoms with van der Waals surface area (Å²) >= 11 is 0. The molecule has 2 heterocycles. The number of rotatable bonds is 3. The number of hydrogen-bond acceptors (Lipinski definition) is 4. The van der Waals surface area contributed by atoms with Crippen LogP contribution in [0.3, 0.4) is 0 Å². The predicted octanol–water partition coefficient (Wildman–Crippen LogP) is 1.70. The molecule has 2 aliphatic rings. The zero-order chi connectivity index (χ0) is 14.3. The van der Waals surface area contributed by atoms with E-state index in [-0.39, 0.29) is 17.9 Å². The highest BCUT2D eigenvalue weighted by Crippen LogP contribution is 2.25. The Bertz CT molecular complexity index is 521. The van der Waals surface area contributed by atoms with Crippen LogP contribution in [0.2, 0.25) is 0 Å². The van der Waals surface area contributed by atoms with Crippen molar-refractivity contribution in [1.29, 1.82) is 0 Å². The molecule has 0 spiro atoms. The van der Waals surface area contributed by atoms with Gasteiger partial charge < -0.3 is 0 Å². The molecule has 1 saturated heterocycles. The summed E-state index contributed by atoms with van der Waals surface area (Å²) in [4.78, 5) is 32.3. The maximum absolute atomic E-state index is 12.2. The van der Waals surface area contributed by atoms with Gasteiger partial charge in [0.05, 0.1) is 11.1 Å². The van der Waals surface area contributed by atoms with Crippen molar-refractivity contribution in [3.05, 3.63) is 35.4 Å². The van der Waals surface area contributed by atoms with Crippen molar-refractivity contribution < 1.29 is 14.4 Å². The van der Waals surface area contributed by atoms with Gasteiger partial charge >= 0.3 is 0 Å². The van der Waals surface area contributed by atoms with Crippen LogP contribution in [0, 0.1) is 0 Å². The van der Waals surface area contributed by atoms with Crippen LogP contribution in [0.1, 0.15) is 41.0 Å². The lowest BCUT2D eigenvalue weighted by Gasteiger charge is -2.21. The van der Waals surface area contributed by atoms with Crippen LogP contribution in [0.25, 0.3) is 0 Å². The van der Waals surface area contributed by atoms with Crippen molar-refractivity contribution in [3.63, 3.8) is 0 Å². The molecule has 20 heavy (non-hydrogen) atoms. The molecule has 0 radical (unpaired) electrons. The molecular formula is C15H18N2O3. The van der Waals surface area contributed by atoms with Gasteiger partial charge in [-0.2, -0.15) is 0 Å². The first kappa shape index (κ1) is 13.3. The van der Waals surface area contributed by atoms with E-state index >= 15 is 0 Å². The third-order valence-electron chi connectivity index (χ3n) is 3.92. The summed E-state index contributed by atoms with van der Waals surface area (Å²) in [6.07, 6.45) is 0.741. The lowest BCUT2D eigenvalue weighted by molar-refractivity contribution is -0.127. The smallest absolute Gasteiger partial charge is 0.285 e. The Morgan fingerprint density at radius 1 is 1.15 bits per heavy atom. The predicted molar refractivity (Wildman–Crippen MR) is 73.1 cm³/mol. The maximum atomic E-state index is 12.2. The molecule has 0 saturated carbocycles. The second-order valence-electron chi connectivity index (χ2n) is 5.56. The average molecular weight is 274 g/mol. The van der Waals surface area contributed by atoms with Crippen LogP contribution in [-0.4, -0.2) is 47.0 Å². The van der Waals surface area contributed by atoms with Crippen molar-refractivity contribution in [1.82, 2.24) is 9.96 Å². The monoisotopic (exact) mass is 274 g/mol. The number of hydrogen-bond donors (Lipinski definition) is 0. The Morgan fingerprint density at radius 2 is 1.75 bits per heavy atom. The fourth-order valence-electron chi connectivity index (χ4n) is 2.72. The Hall–Kier alpha value is -1.72. The molecule has 2 amide bonds. The highest BCUT2D eigenvalue weighted by Gasteiger charge is 2.39. The Balaban J connectivity index is 1.72. The standard InChI is InChI=1S/C15H18N2O3/c1-10(2)16-8-7-11(9-16)20-17-14(18)12-5-3-4-6-13(12)15(17)19/h3-6,10-11H,7-9H2,1-2H3. The second kappa shape index (κ2) is 5.00. The summed E-state index contributed by atoms with van der Waals surface area (Å²) in [6.45, 7) is 5.95. The molecule has 0 N–H and O–H groups in total. The Labute approximate surface area is 118 Å². The number of hydroxylamine groups is 2. The fourth-order valence-corrected chi connectivity index (χ4v) is 2.72. The van der Waals surface area contributed by atoms with E-state index in [2.05, 4.69) is 18.7 Å². The van der Waals surface area contributed by atoms with Crippen LogP contribution in [-0.2, 0) is 4.84 Å². The van der Waals surface area contributed by atoms with Crippen molar-refractivity contribution in [2.45, 2.75) is 32.4 Å². The molecule has 1 atom stereocenters. The van der Waals surface area contributed by atoms with Gasteiger partial charge in [-0.1, -0.05) is 12.1 Å². The number of imide groups is 1. The van der Waals surface area contributed by atoms with Crippen molar-refractivity contribution in [2.75, 3.05) is 13.1 Å². The summed E-state index contributed by atoms with van der Waals surface area (Å²) in [5, 5.41) is 0.930. The van der Waals surface area contributed by atoms with Crippen LogP contribution in [0.5, 0.6) is 0 Å². The van der Waals surface area contributed by atoms with E-state index in [1.165, 1.54) is 0 Å². The minimum atomic E-state index is -0.353. The lowest BCUT2D eigenvalue weighted by Crippen LogP contribution is -2.36. The molecule has 2 aliphatic heterocycles. The number of amides is 2. The van der Waals surface area contributed by atoms with Crippen LogP contribution < -0.4 is 0 Å². The Morgan fingerprint density at radius 3 is 2.25 bits per heavy atom. The van der Waals surface area contributed by atoms with E-state index in [9.17, 15) is 9.59 Å². The van der Waals surface area contributed by atoms with E-state index in [4.69, 9.17) is 4.84 Å². The van der Waals surface area contributed by atoms with E-state index in [1.54, 1.807) is 24.3 Å². The van der Waals surface area contributed by atoms with Gasteiger partial charge in [0, 0.05) is 19.1 Å². The number of benzene rings is 1. The number of nitrogens with zero attached hydrogens (tertiary/aromatic N) is 2. The van der Waals surface area contributed by atoms with Crippen molar-refractivity contribution in [2.24, 2.45) is 0 Å². The minimum Gasteiger partial charge on any atom is -0.298 e. The third kappa shape index (κ3) is 2.13. The van der Waals surface area contributed by atoms with Crippen LogP contribution >= 0.6 is 0 Å². The Kier molecular flexibility index (Phi) is 3.31. The molecule has 5 nitrogen and oxygen atoms in total. The average Bonchev–Trinajstić information content (AvgIpc) is 3.00. The normalized spacial score (nSPS) is 22.9. The zero-order valence-electron chi connectivity index (χ0n) is 11.7.